The van der Waals surface area contributed by atoms with Gasteiger partial charge in [-0.3, -0.25) is 0 Å². The summed E-state index contributed by atoms with van der Waals surface area (Å²) < 4.78 is 10.6. The molecule has 2 aliphatic heterocycles. The predicted octanol–water partition coefficient (Wildman–Crippen LogP) is 4.06. The lowest BCUT2D eigenvalue weighted by atomic mass is 9.80. The SMILES string of the molecule is CCOC(=O)C1=C(C)N(CC)C2=C(C(=O)OC2)C1c1c(Cl)cccc1Cl. The number of carbonyl (C=O) groups excluding carboxylic acids is 2. The summed E-state index contributed by atoms with van der Waals surface area (Å²) in [5, 5.41) is 0.766. The number of hydrogen-bond acceptors (Lipinski definition) is 5. The van der Waals surface area contributed by atoms with E-state index >= 15 is 0 Å². The average Bonchev–Trinajstić information content (AvgIpc) is 2.96. The Labute approximate surface area is 162 Å². The third-order valence-electron chi connectivity index (χ3n) is 4.67. The Morgan fingerprint density at radius 3 is 2.54 bits per heavy atom. The van der Waals surface area contributed by atoms with Crippen LogP contribution in [0.1, 0.15) is 32.3 Å². The van der Waals surface area contributed by atoms with Crippen molar-refractivity contribution in [2.75, 3.05) is 19.8 Å². The summed E-state index contributed by atoms with van der Waals surface area (Å²) in [4.78, 5) is 27.3. The molecule has 1 unspecified atom stereocenters. The van der Waals surface area contributed by atoms with Gasteiger partial charge in [0.15, 0.2) is 0 Å². The molecule has 3 rings (SSSR count). The number of carbonyl (C=O) groups is 2. The van der Waals surface area contributed by atoms with Crippen molar-refractivity contribution in [3.63, 3.8) is 0 Å². The van der Waals surface area contributed by atoms with Crippen LogP contribution in [0.4, 0.5) is 0 Å². The lowest BCUT2D eigenvalue weighted by Gasteiger charge is -2.35. The number of rotatable bonds is 4. The highest BCUT2D eigenvalue weighted by Crippen LogP contribution is 2.48. The van der Waals surface area contributed by atoms with Gasteiger partial charge in [-0.25, -0.2) is 9.59 Å². The van der Waals surface area contributed by atoms with E-state index in [0.29, 0.717) is 39.0 Å². The normalized spacial score (nSPS) is 19.7. The highest BCUT2D eigenvalue weighted by atomic mass is 35.5. The first-order chi connectivity index (χ1) is 12.4. The standard InChI is InChI=1S/C19H19Cl2NO4/c1-4-22-10(3)14(18(23)25-5-2)17(16-13(22)9-26-19(16)24)15-11(20)7-6-8-12(15)21/h6-8,17H,4-5,9H2,1-3H3. The molecule has 0 aliphatic carbocycles. The molecule has 2 heterocycles. The van der Waals surface area contributed by atoms with E-state index < -0.39 is 17.9 Å². The molecule has 0 amide bonds. The third-order valence-corrected chi connectivity index (χ3v) is 5.33. The molecule has 0 saturated heterocycles. The number of likely N-dealkylation sites (N-methyl/N-ethyl adjacent to an activating group) is 1. The minimum Gasteiger partial charge on any atom is -0.463 e. The maximum atomic E-state index is 12.8. The van der Waals surface area contributed by atoms with E-state index in [4.69, 9.17) is 32.7 Å². The van der Waals surface area contributed by atoms with Crippen LogP contribution in [0.5, 0.6) is 0 Å². The number of nitrogens with zero attached hydrogens (tertiary/aromatic N) is 1. The lowest BCUT2D eigenvalue weighted by Crippen LogP contribution is -2.34. The maximum Gasteiger partial charge on any atom is 0.337 e. The summed E-state index contributed by atoms with van der Waals surface area (Å²) in [5.41, 5.74) is 2.73. The van der Waals surface area contributed by atoms with Crippen molar-refractivity contribution >= 4 is 35.1 Å². The molecule has 2 aliphatic rings. The van der Waals surface area contributed by atoms with Gasteiger partial charge in [0, 0.05) is 27.9 Å². The van der Waals surface area contributed by atoms with E-state index in [1.807, 2.05) is 18.7 Å². The molecular formula is C19H19Cl2NO4. The molecule has 0 N–H and O–H groups in total. The molecular weight excluding hydrogens is 377 g/mol. The Bertz CT molecular complexity index is 824. The van der Waals surface area contributed by atoms with Gasteiger partial charge in [0.05, 0.1) is 29.4 Å². The first kappa shape index (κ1) is 18.8. The van der Waals surface area contributed by atoms with Crippen LogP contribution in [0.3, 0.4) is 0 Å². The van der Waals surface area contributed by atoms with E-state index in [-0.39, 0.29) is 13.2 Å². The Morgan fingerprint density at radius 2 is 1.96 bits per heavy atom. The summed E-state index contributed by atoms with van der Waals surface area (Å²) in [5.74, 6) is -1.67. The molecule has 0 bridgehead atoms. The topological polar surface area (TPSA) is 55.8 Å². The first-order valence-corrected chi connectivity index (χ1v) is 9.17. The van der Waals surface area contributed by atoms with E-state index in [1.165, 1.54) is 0 Å². The maximum absolute atomic E-state index is 12.8. The second kappa shape index (κ2) is 7.33. The lowest BCUT2D eigenvalue weighted by molar-refractivity contribution is -0.139. The number of benzene rings is 1. The summed E-state index contributed by atoms with van der Waals surface area (Å²) in [6, 6.07) is 5.10. The van der Waals surface area contributed by atoms with E-state index in [9.17, 15) is 9.59 Å². The van der Waals surface area contributed by atoms with Gasteiger partial charge in [0.2, 0.25) is 0 Å². The highest BCUT2D eigenvalue weighted by molar-refractivity contribution is 6.36. The molecule has 0 fully saturated rings. The van der Waals surface area contributed by atoms with Gasteiger partial charge < -0.3 is 14.4 Å². The molecule has 1 atom stereocenters. The fourth-order valence-electron chi connectivity index (χ4n) is 3.59. The first-order valence-electron chi connectivity index (χ1n) is 8.41. The summed E-state index contributed by atoms with van der Waals surface area (Å²) >= 11 is 12.8. The highest BCUT2D eigenvalue weighted by Gasteiger charge is 2.45. The number of ether oxygens (including phenoxy) is 2. The van der Waals surface area contributed by atoms with Crippen LogP contribution in [0.25, 0.3) is 0 Å². The zero-order valence-corrected chi connectivity index (χ0v) is 16.3. The quantitative estimate of drug-likeness (QED) is 0.719. The second-order valence-electron chi connectivity index (χ2n) is 5.97. The van der Waals surface area contributed by atoms with Gasteiger partial charge in [-0.2, -0.15) is 0 Å². The minimum absolute atomic E-state index is 0.161. The third kappa shape index (κ3) is 2.89. The van der Waals surface area contributed by atoms with Crippen LogP contribution < -0.4 is 0 Å². The number of allylic oxidation sites excluding steroid dienone is 1. The van der Waals surface area contributed by atoms with Crippen molar-refractivity contribution in [1.29, 1.82) is 0 Å². The van der Waals surface area contributed by atoms with Gasteiger partial charge in [-0.1, -0.05) is 29.3 Å². The molecule has 26 heavy (non-hydrogen) atoms. The number of hydrogen-bond donors (Lipinski definition) is 0. The largest absolute Gasteiger partial charge is 0.463 e. The van der Waals surface area contributed by atoms with Crippen molar-refractivity contribution in [2.45, 2.75) is 26.7 Å². The zero-order valence-electron chi connectivity index (χ0n) is 14.8. The van der Waals surface area contributed by atoms with E-state index in [1.54, 1.807) is 25.1 Å². The van der Waals surface area contributed by atoms with Crippen molar-refractivity contribution in [2.24, 2.45) is 0 Å². The number of cyclic esters (lactones) is 1. The fourth-order valence-corrected chi connectivity index (χ4v) is 4.21. The summed E-state index contributed by atoms with van der Waals surface area (Å²) in [6.45, 7) is 6.49. The molecule has 5 nitrogen and oxygen atoms in total. The van der Waals surface area contributed by atoms with Crippen molar-refractivity contribution in [1.82, 2.24) is 4.90 Å². The summed E-state index contributed by atoms with van der Waals surface area (Å²) in [7, 11) is 0. The van der Waals surface area contributed by atoms with Crippen LogP contribution >= 0.6 is 23.2 Å². The van der Waals surface area contributed by atoms with E-state index in [2.05, 4.69) is 0 Å². The number of halogens is 2. The van der Waals surface area contributed by atoms with Crippen LogP contribution in [-0.4, -0.2) is 36.6 Å². The van der Waals surface area contributed by atoms with Gasteiger partial charge in [0.25, 0.3) is 0 Å². The zero-order chi connectivity index (χ0) is 19.0. The van der Waals surface area contributed by atoms with Gasteiger partial charge in [-0.05, 0) is 32.9 Å². The van der Waals surface area contributed by atoms with Gasteiger partial charge >= 0.3 is 11.9 Å². The number of esters is 2. The Balaban J connectivity index is 2.30. The predicted molar refractivity (Wildman–Crippen MR) is 98.9 cm³/mol. The molecule has 0 aromatic heterocycles. The molecule has 1 aromatic carbocycles. The van der Waals surface area contributed by atoms with Gasteiger partial charge in [-0.15, -0.1) is 0 Å². The Kier molecular flexibility index (Phi) is 5.30. The Morgan fingerprint density at radius 1 is 1.31 bits per heavy atom. The van der Waals surface area contributed by atoms with Crippen LogP contribution in [0.15, 0.2) is 40.7 Å². The monoisotopic (exact) mass is 395 g/mol. The van der Waals surface area contributed by atoms with Crippen LogP contribution in [0.2, 0.25) is 10.0 Å². The summed E-state index contributed by atoms with van der Waals surface area (Å²) in [6.07, 6.45) is 0. The van der Waals surface area contributed by atoms with Crippen molar-refractivity contribution in [3.05, 3.63) is 56.3 Å². The minimum atomic E-state index is -0.719. The van der Waals surface area contributed by atoms with Gasteiger partial charge in [0.1, 0.15) is 6.61 Å². The van der Waals surface area contributed by atoms with E-state index in [0.717, 1.165) is 5.70 Å². The van der Waals surface area contributed by atoms with Crippen LogP contribution in [0, 0.1) is 0 Å². The Hall–Kier alpha value is -1.98. The molecule has 138 valence electrons. The molecule has 0 radical (unpaired) electrons. The second-order valence-corrected chi connectivity index (χ2v) is 6.78. The molecule has 0 spiro atoms. The molecule has 1 aromatic rings. The molecule has 7 heteroatoms. The van der Waals surface area contributed by atoms with Crippen molar-refractivity contribution < 1.29 is 19.1 Å². The smallest absolute Gasteiger partial charge is 0.337 e. The van der Waals surface area contributed by atoms with Crippen molar-refractivity contribution in [3.8, 4) is 0 Å². The fraction of sp³-hybridized carbons (Fsp3) is 0.368. The van der Waals surface area contributed by atoms with Crippen LogP contribution in [-0.2, 0) is 19.1 Å². The average molecular weight is 396 g/mol. The molecule has 0 saturated carbocycles.